The Morgan fingerprint density at radius 2 is 2.09 bits per heavy atom. The van der Waals surface area contributed by atoms with E-state index in [4.69, 9.17) is 0 Å². The van der Waals surface area contributed by atoms with E-state index in [2.05, 4.69) is 20.3 Å². The molecule has 0 bridgehead atoms. The molecule has 1 aromatic heterocycles. The van der Waals surface area contributed by atoms with Crippen LogP contribution in [0.2, 0.25) is 0 Å². The van der Waals surface area contributed by atoms with Gasteiger partial charge in [0.25, 0.3) is 0 Å². The summed E-state index contributed by atoms with van der Waals surface area (Å²) in [5.41, 5.74) is 0.0271. The van der Waals surface area contributed by atoms with Crippen molar-refractivity contribution < 1.29 is 13.2 Å². The number of rotatable bonds is 3. The lowest BCUT2D eigenvalue weighted by molar-refractivity contribution is -0.137. The van der Waals surface area contributed by atoms with Crippen molar-refractivity contribution in [2.24, 2.45) is 0 Å². The molecule has 0 amide bonds. The monoisotopic (exact) mass is 311 g/mol. The van der Waals surface area contributed by atoms with Gasteiger partial charge in [0.2, 0.25) is 0 Å². The summed E-state index contributed by atoms with van der Waals surface area (Å²) in [4.78, 5) is 3.63. The summed E-state index contributed by atoms with van der Waals surface area (Å²) in [7, 11) is 0. The van der Waals surface area contributed by atoms with E-state index in [0.717, 1.165) is 31.9 Å². The Kier molecular flexibility index (Phi) is 4.10. The number of halogens is 3. The number of hydrogen-bond acceptors (Lipinski definition) is 4. The first-order chi connectivity index (χ1) is 10.5. The van der Waals surface area contributed by atoms with Crippen LogP contribution in [0.1, 0.15) is 36.6 Å². The molecule has 1 aliphatic rings. The second-order valence-corrected chi connectivity index (χ2v) is 5.40. The van der Waals surface area contributed by atoms with Crippen LogP contribution in [0, 0.1) is 0 Å². The smallest absolute Gasteiger partial charge is 0.276 e. The van der Waals surface area contributed by atoms with Gasteiger partial charge < -0.3 is 0 Å². The average Bonchev–Trinajstić information content (AvgIpc) is 3.01. The highest BCUT2D eigenvalue weighted by Crippen LogP contribution is 2.31. The van der Waals surface area contributed by atoms with Crippen molar-refractivity contribution in [1.82, 2.24) is 25.1 Å². The zero-order valence-electron chi connectivity index (χ0n) is 11.9. The molecule has 8 heteroatoms. The van der Waals surface area contributed by atoms with E-state index in [-0.39, 0.29) is 6.17 Å². The molecule has 0 unspecified atom stereocenters. The average molecular weight is 311 g/mol. The van der Waals surface area contributed by atoms with Gasteiger partial charge in [-0.3, -0.25) is 4.90 Å². The number of nitrogens with zero attached hydrogens (tertiary/aromatic N) is 5. The molecule has 0 saturated carbocycles. The van der Waals surface area contributed by atoms with E-state index in [1.165, 1.54) is 23.3 Å². The van der Waals surface area contributed by atoms with Crippen molar-refractivity contribution in [3.05, 3.63) is 41.7 Å². The Bertz CT molecular complexity index is 611. The van der Waals surface area contributed by atoms with Crippen LogP contribution in [0.25, 0.3) is 0 Å². The minimum Gasteiger partial charge on any atom is -0.276 e. The topological polar surface area (TPSA) is 46.8 Å². The SMILES string of the molecule is FC(F)(F)c1cccc(CN2CCCC[C@H]2n2ncnn2)c1. The van der Waals surface area contributed by atoms with E-state index >= 15 is 0 Å². The van der Waals surface area contributed by atoms with Crippen LogP contribution in [0.5, 0.6) is 0 Å². The molecule has 0 N–H and O–H groups in total. The maximum atomic E-state index is 12.8. The highest BCUT2D eigenvalue weighted by molar-refractivity contribution is 5.25. The molecule has 1 aromatic carbocycles. The van der Waals surface area contributed by atoms with Gasteiger partial charge in [0.1, 0.15) is 6.17 Å². The second-order valence-electron chi connectivity index (χ2n) is 5.40. The molecule has 1 atom stereocenters. The highest BCUT2D eigenvalue weighted by atomic mass is 19.4. The maximum absolute atomic E-state index is 12.8. The fraction of sp³-hybridized carbons (Fsp3) is 0.500. The van der Waals surface area contributed by atoms with E-state index in [9.17, 15) is 13.2 Å². The van der Waals surface area contributed by atoms with Gasteiger partial charge in [-0.2, -0.15) is 13.2 Å². The van der Waals surface area contributed by atoms with Crippen molar-refractivity contribution in [1.29, 1.82) is 0 Å². The maximum Gasteiger partial charge on any atom is 0.416 e. The normalized spacial score (nSPS) is 20.2. The van der Waals surface area contributed by atoms with Crippen LogP contribution in [0.15, 0.2) is 30.6 Å². The third kappa shape index (κ3) is 3.27. The fourth-order valence-corrected chi connectivity index (χ4v) is 2.81. The molecule has 1 aliphatic heterocycles. The second kappa shape index (κ2) is 6.04. The van der Waals surface area contributed by atoms with Gasteiger partial charge in [-0.25, -0.2) is 0 Å². The molecule has 2 aromatic rings. The Hall–Kier alpha value is -1.96. The Balaban J connectivity index is 1.79. The number of likely N-dealkylation sites (tertiary alicyclic amines) is 1. The van der Waals surface area contributed by atoms with E-state index in [1.54, 1.807) is 6.07 Å². The van der Waals surface area contributed by atoms with Gasteiger partial charge in [0, 0.05) is 13.1 Å². The van der Waals surface area contributed by atoms with Crippen molar-refractivity contribution in [2.75, 3.05) is 6.54 Å². The highest BCUT2D eigenvalue weighted by Gasteiger charge is 2.31. The third-order valence-electron chi connectivity index (χ3n) is 3.85. The Labute approximate surface area is 125 Å². The van der Waals surface area contributed by atoms with Gasteiger partial charge in [-0.15, -0.1) is 15.0 Å². The number of piperidine rings is 1. The summed E-state index contributed by atoms with van der Waals surface area (Å²) in [6, 6.07) is 5.47. The molecule has 1 fully saturated rings. The number of hydrogen-bond donors (Lipinski definition) is 0. The van der Waals surface area contributed by atoms with Crippen LogP contribution < -0.4 is 0 Å². The summed E-state index contributed by atoms with van der Waals surface area (Å²) in [6.07, 6.45) is -0.0575. The van der Waals surface area contributed by atoms with Gasteiger partial charge in [0.15, 0.2) is 6.33 Å². The lowest BCUT2D eigenvalue weighted by Crippen LogP contribution is -2.37. The number of tetrazole rings is 1. The van der Waals surface area contributed by atoms with Crippen LogP contribution in [-0.4, -0.2) is 31.7 Å². The van der Waals surface area contributed by atoms with Gasteiger partial charge in [0.05, 0.1) is 5.56 Å². The van der Waals surface area contributed by atoms with Crippen molar-refractivity contribution in [2.45, 2.75) is 38.1 Å². The van der Waals surface area contributed by atoms with Crippen LogP contribution in [0.3, 0.4) is 0 Å². The molecule has 118 valence electrons. The standard InChI is InChI=1S/C14H16F3N5/c15-14(16,17)12-5-3-4-11(8-12)9-21-7-2-1-6-13(21)22-19-10-18-20-22/h3-5,8,10,13H,1-2,6-7,9H2/t13-/m1/s1. The zero-order valence-corrected chi connectivity index (χ0v) is 11.9. The number of aromatic nitrogens is 4. The van der Waals surface area contributed by atoms with Gasteiger partial charge in [-0.1, -0.05) is 18.2 Å². The molecular formula is C14H16F3N5. The first-order valence-corrected chi connectivity index (χ1v) is 7.17. The number of alkyl halides is 3. The Morgan fingerprint density at radius 1 is 1.23 bits per heavy atom. The molecule has 22 heavy (non-hydrogen) atoms. The molecular weight excluding hydrogens is 295 g/mol. The molecule has 1 saturated heterocycles. The molecule has 0 aliphatic carbocycles. The van der Waals surface area contributed by atoms with E-state index < -0.39 is 11.7 Å². The predicted octanol–water partition coefficient (Wildman–Crippen LogP) is 2.88. The van der Waals surface area contributed by atoms with Crippen molar-refractivity contribution in [3.63, 3.8) is 0 Å². The summed E-state index contributed by atoms with van der Waals surface area (Å²) < 4.78 is 38.4. The largest absolute Gasteiger partial charge is 0.416 e. The molecule has 2 heterocycles. The van der Waals surface area contributed by atoms with Crippen molar-refractivity contribution in [3.8, 4) is 0 Å². The molecule has 3 rings (SSSR count). The summed E-state index contributed by atoms with van der Waals surface area (Å²) in [5.74, 6) is 0. The van der Waals surface area contributed by atoms with Crippen LogP contribution >= 0.6 is 0 Å². The lowest BCUT2D eigenvalue weighted by Gasteiger charge is -2.34. The minimum absolute atomic E-state index is 0.0502. The summed E-state index contributed by atoms with van der Waals surface area (Å²) >= 11 is 0. The minimum atomic E-state index is -4.31. The third-order valence-corrected chi connectivity index (χ3v) is 3.85. The summed E-state index contributed by atoms with van der Waals surface area (Å²) in [6.45, 7) is 1.25. The Morgan fingerprint density at radius 3 is 2.82 bits per heavy atom. The van der Waals surface area contributed by atoms with Crippen LogP contribution in [-0.2, 0) is 12.7 Å². The lowest BCUT2D eigenvalue weighted by atomic mass is 10.1. The van der Waals surface area contributed by atoms with Gasteiger partial charge in [-0.05, 0) is 36.1 Å². The predicted molar refractivity (Wildman–Crippen MR) is 72.6 cm³/mol. The van der Waals surface area contributed by atoms with E-state index in [0.29, 0.717) is 12.1 Å². The fourth-order valence-electron chi connectivity index (χ4n) is 2.81. The van der Waals surface area contributed by atoms with Crippen LogP contribution in [0.4, 0.5) is 13.2 Å². The molecule has 0 spiro atoms. The molecule has 5 nitrogen and oxygen atoms in total. The quantitative estimate of drug-likeness (QED) is 0.874. The van der Waals surface area contributed by atoms with Gasteiger partial charge >= 0.3 is 6.18 Å². The first kappa shape index (κ1) is 15.0. The summed E-state index contributed by atoms with van der Waals surface area (Å²) in [5, 5.41) is 11.7. The van der Waals surface area contributed by atoms with E-state index in [1.807, 2.05) is 0 Å². The van der Waals surface area contributed by atoms with Crippen molar-refractivity contribution >= 4 is 0 Å². The first-order valence-electron chi connectivity index (χ1n) is 7.17. The molecule has 0 radical (unpaired) electrons. The number of benzene rings is 1. The zero-order chi connectivity index (χ0) is 15.6.